The number of hydrogen-bond donors (Lipinski definition) is 0. The number of amides is 2. The minimum Gasteiger partial charge on any atom is -0.469 e. The zero-order valence-electron chi connectivity index (χ0n) is 11.1. The van der Waals surface area contributed by atoms with Gasteiger partial charge in [-0.05, 0) is 12.0 Å². The van der Waals surface area contributed by atoms with Crippen LogP contribution in [0.4, 0.5) is 0 Å². The summed E-state index contributed by atoms with van der Waals surface area (Å²) in [7, 11) is 1.30. The van der Waals surface area contributed by atoms with Crippen molar-refractivity contribution < 1.29 is 19.1 Å². The Balaban J connectivity index is 1.77. The molecule has 0 radical (unpaired) electrons. The van der Waals surface area contributed by atoms with Crippen molar-refractivity contribution in [2.75, 3.05) is 7.11 Å². The number of nitrogens with zero attached hydrogens (tertiary/aromatic N) is 1. The van der Waals surface area contributed by atoms with Crippen LogP contribution in [-0.4, -0.2) is 29.8 Å². The summed E-state index contributed by atoms with van der Waals surface area (Å²) in [5.74, 6) is -2.11. The van der Waals surface area contributed by atoms with Crippen molar-refractivity contribution in [1.82, 2.24) is 4.90 Å². The first-order valence-electron chi connectivity index (χ1n) is 6.60. The quantitative estimate of drug-likeness (QED) is 0.608. The summed E-state index contributed by atoms with van der Waals surface area (Å²) in [4.78, 5) is 37.3. The van der Waals surface area contributed by atoms with Crippen LogP contribution < -0.4 is 0 Å². The van der Waals surface area contributed by atoms with E-state index in [9.17, 15) is 14.4 Å². The molecule has 0 aromatic heterocycles. The molecule has 3 atom stereocenters. The maximum atomic E-state index is 12.3. The summed E-state index contributed by atoms with van der Waals surface area (Å²) in [6, 6.07) is 9.36. The van der Waals surface area contributed by atoms with Crippen molar-refractivity contribution in [2.45, 2.75) is 13.0 Å². The van der Waals surface area contributed by atoms with Gasteiger partial charge in [-0.1, -0.05) is 30.3 Å². The number of hydrogen-bond acceptors (Lipinski definition) is 4. The third kappa shape index (κ3) is 1.81. The van der Waals surface area contributed by atoms with Gasteiger partial charge in [-0.15, -0.1) is 0 Å². The Bertz CT molecular complexity index is 568. The Labute approximate surface area is 116 Å². The van der Waals surface area contributed by atoms with Crippen molar-refractivity contribution in [1.29, 1.82) is 0 Å². The molecule has 2 amide bonds. The first kappa shape index (κ1) is 12.8. The van der Waals surface area contributed by atoms with E-state index in [0.29, 0.717) is 6.42 Å². The second-order valence-corrected chi connectivity index (χ2v) is 5.25. The van der Waals surface area contributed by atoms with Gasteiger partial charge in [-0.25, -0.2) is 0 Å². The molecule has 2 fully saturated rings. The van der Waals surface area contributed by atoms with E-state index >= 15 is 0 Å². The van der Waals surface area contributed by atoms with Gasteiger partial charge >= 0.3 is 5.97 Å². The number of benzene rings is 1. The van der Waals surface area contributed by atoms with Crippen LogP contribution in [-0.2, 0) is 25.7 Å². The molecule has 1 saturated carbocycles. The maximum absolute atomic E-state index is 12.3. The van der Waals surface area contributed by atoms with Crippen LogP contribution in [0.5, 0.6) is 0 Å². The zero-order valence-corrected chi connectivity index (χ0v) is 11.1. The molecule has 2 aliphatic rings. The molecule has 0 spiro atoms. The van der Waals surface area contributed by atoms with Crippen molar-refractivity contribution in [3.8, 4) is 0 Å². The summed E-state index contributed by atoms with van der Waals surface area (Å²) >= 11 is 0. The Morgan fingerprint density at radius 2 is 1.95 bits per heavy atom. The molecule has 3 rings (SSSR count). The fourth-order valence-corrected chi connectivity index (χ4v) is 3.05. The second kappa shape index (κ2) is 4.74. The molecule has 5 nitrogen and oxygen atoms in total. The number of carbonyl (C=O) groups is 3. The van der Waals surface area contributed by atoms with Gasteiger partial charge in [-0.2, -0.15) is 0 Å². The van der Waals surface area contributed by atoms with Gasteiger partial charge in [0, 0.05) is 0 Å². The summed E-state index contributed by atoms with van der Waals surface area (Å²) < 4.78 is 4.68. The van der Waals surface area contributed by atoms with Gasteiger partial charge < -0.3 is 4.74 Å². The predicted octanol–water partition coefficient (Wildman–Crippen LogP) is 0.981. The number of carbonyl (C=O) groups excluding carboxylic acids is 3. The van der Waals surface area contributed by atoms with E-state index in [0.717, 1.165) is 5.56 Å². The Hall–Kier alpha value is -2.17. The highest BCUT2D eigenvalue weighted by molar-refractivity contribution is 6.08. The Morgan fingerprint density at radius 1 is 1.25 bits per heavy atom. The predicted molar refractivity (Wildman–Crippen MR) is 69.1 cm³/mol. The van der Waals surface area contributed by atoms with Crippen LogP contribution in [0.3, 0.4) is 0 Å². The monoisotopic (exact) mass is 273 g/mol. The number of rotatable bonds is 3. The largest absolute Gasteiger partial charge is 0.469 e. The molecule has 20 heavy (non-hydrogen) atoms. The lowest BCUT2D eigenvalue weighted by molar-refractivity contribution is -0.158. The summed E-state index contributed by atoms with van der Waals surface area (Å²) in [6.45, 7) is 0.277. The number of ether oxygens (including phenoxy) is 1. The number of likely N-dealkylation sites (tertiary alicyclic amines) is 1. The molecule has 5 heteroatoms. The molecule has 1 saturated heterocycles. The maximum Gasteiger partial charge on any atom is 0.309 e. The number of fused-ring (bicyclic) bond motifs is 1. The van der Waals surface area contributed by atoms with Crippen LogP contribution in [0.25, 0.3) is 0 Å². The first-order chi connectivity index (χ1) is 9.63. The molecule has 3 unspecified atom stereocenters. The van der Waals surface area contributed by atoms with Crippen LogP contribution in [0.15, 0.2) is 30.3 Å². The van der Waals surface area contributed by atoms with Crippen LogP contribution in [0.1, 0.15) is 12.0 Å². The normalized spacial score (nSPS) is 28.1. The SMILES string of the molecule is COC(=O)C1CC2C(=O)N(Cc3ccccc3)C(=O)C12. The van der Waals surface area contributed by atoms with Crippen molar-refractivity contribution in [3.63, 3.8) is 0 Å². The van der Waals surface area contributed by atoms with E-state index < -0.39 is 17.8 Å². The highest BCUT2D eigenvalue weighted by Crippen LogP contribution is 2.48. The second-order valence-electron chi connectivity index (χ2n) is 5.25. The van der Waals surface area contributed by atoms with E-state index in [-0.39, 0.29) is 24.3 Å². The van der Waals surface area contributed by atoms with Crippen LogP contribution >= 0.6 is 0 Å². The van der Waals surface area contributed by atoms with E-state index in [4.69, 9.17) is 0 Å². The Kier molecular flexibility index (Phi) is 3.04. The van der Waals surface area contributed by atoms with E-state index in [1.165, 1.54) is 12.0 Å². The zero-order chi connectivity index (χ0) is 14.3. The smallest absolute Gasteiger partial charge is 0.309 e. The molecule has 1 aliphatic carbocycles. The first-order valence-corrected chi connectivity index (χ1v) is 6.60. The van der Waals surface area contributed by atoms with Crippen LogP contribution in [0.2, 0.25) is 0 Å². The molecule has 1 aromatic rings. The molecule has 1 aromatic carbocycles. The molecule has 1 heterocycles. The van der Waals surface area contributed by atoms with Crippen molar-refractivity contribution in [3.05, 3.63) is 35.9 Å². The van der Waals surface area contributed by atoms with Crippen molar-refractivity contribution >= 4 is 17.8 Å². The third-order valence-corrected chi connectivity index (χ3v) is 4.20. The molecule has 0 bridgehead atoms. The van der Waals surface area contributed by atoms with E-state index in [1.807, 2.05) is 30.3 Å². The lowest BCUT2D eigenvalue weighted by Gasteiger charge is -2.33. The summed E-state index contributed by atoms with van der Waals surface area (Å²) in [5, 5.41) is 0. The lowest BCUT2D eigenvalue weighted by atomic mass is 9.66. The average Bonchev–Trinajstić information content (AvgIpc) is 2.60. The Morgan fingerprint density at radius 3 is 2.60 bits per heavy atom. The number of imide groups is 1. The van der Waals surface area contributed by atoms with Gasteiger partial charge in [0.25, 0.3) is 0 Å². The average molecular weight is 273 g/mol. The molecule has 0 N–H and O–H groups in total. The van der Waals surface area contributed by atoms with Gasteiger partial charge in [-0.3, -0.25) is 19.3 Å². The van der Waals surface area contributed by atoms with E-state index in [2.05, 4.69) is 4.74 Å². The summed E-state index contributed by atoms with van der Waals surface area (Å²) in [6.07, 6.45) is 0.424. The van der Waals surface area contributed by atoms with Gasteiger partial charge in [0.2, 0.25) is 11.8 Å². The third-order valence-electron chi connectivity index (χ3n) is 4.20. The van der Waals surface area contributed by atoms with Gasteiger partial charge in [0.1, 0.15) is 0 Å². The highest BCUT2D eigenvalue weighted by atomic mass is 16.5. The minimum absolute atomic E-state index is 0.163. The molecule has 104 valence electrons. The van der Waals surface area contributed by atoms with Crippen LogP contribution in [0, 0.1) is 17.8 Å². The molecule has 1 aliphatic heterocycles. The molecular weight excluding hydrogens is 258 g/mol. The number of esters is 1. The minimum atomic E-state index is -0.515. The fraction of sp³-hybridized carbons (Fsp3) is 0.400. The topological polar surface area (TPSA) is 63.7 Å². The molecular formula is C15H15NO4. The standard InChI is InChI=1S/C15H15NO4/c1-20-15(19)11-7-10-12(11)14(18)16(13(10)17)8-9-5-3-2-4-6-9/h2-6,10-12H,7-8H2,1H3. The van der Waals surface area contributed by atoms with E-state index in [1.54, 1.807) is 0 Å². The highest BCUT2D eigenvalue weighted by Gasteiger charge is 2.60. The number of methoxy groups -OCH3 is 1. The van der Waals surface area contributed by atoms with Gasteiger partial charge in [0.15, 0.2) is 0 Å². The fourth-order valence-electron chi connectivity index (χ4n) is 3.05. The lowest BCUT2D eigenvalue weighted by Crippen LogP contribution is -2.43. The summed E-state index contributed by atoms with van der Waals surface area (Å²) in [5.41, 5.74) is 0.908. The van der Waals surface area contributed by atoms with Crippen molar-refractivity contribution in [2.24, 2.45) is 17.8 Å². The van der Waals surface area contributed by atoms with Gasteiger partial charge in [0.05, 0.1) is 31.4 Å².